The highest BCUT2D eigenvalue weighted by atomic mass is 16.5. The number of pyridine rings is 1. The highest BCUT2D eigenvalue weighted by molar-refractivity contribution is 5.53. The topological polar surface area (TPSA) is 70.0 Å². The van der Waals surface area contributed by atoms with Crippen molar-refractivity contribution in [2.24, 2.45) is 0 Å². The highest BCUT2D eigenvalue weighted by Crippen LogP contribution is 2.22. The second-order valence-electron chi connectivity index (χ2n) is 6.79. The largest absolute Gasteiger partial charge is 0.497 e. The minimum atomic E-state index is 0.173. The molecule has 2 N–H and O–H groups in total. The fourth-order valence-corrected chi connectivity index (χ4v) is 3.48. The van der Waals surface area contributed by atoms with E-state index in [2.05, 4.69) is 39.1 Å². The summed E-state index contributed by atoms with van der Waals surface area (Å²) < 4.78 is 11.2. The lowest BCUT2D eigenvalue weighted by Crippen LogP contribution is -3.14. The summed E-state index contributed by atoms with van der Waals surface area (Å²) in [5.41, 5.74) is 0.904. The minimum Gasteiger partial charge on any atom is -0.497 e. The Balaban J connectivity index is 1.40. The van der Waals surface area contributed by atoms with Crippen LogP contribution < -0.4 is 19.5 Å². The van der Waals surface area contributed by atoms with Crippen molar-refractivity contribution in [1.29, 1.82) is 0 Å². The Kier molecular flexibility index (Phi) is 5.02. The van der Waals surface area contributed by atoms with Gasteiger partial charge in [0, 0.05) is 11.6 Å². The molecule has 140 valence electrons. The van der Waals surface area contributed by atoms with Gasteiger partial charge >= 0.3 is 0 Å². The first-order valence-electron chi connectivity index (χ1n) is 9.28. The predicted octanol–water partition coefficient (Wildman–Crippen LogP) is 1.03. The molecule has 1 atom stereocenters. The molecule has 4 rings (SSSR count). The van der Waals surface area contributed by atoms with Crippen molar-refractivity contribution < 1.29 is 19.0 Å². The molecule has 0 aliphatic carbocycles. The molecule has 1 saturated heterocycles. The van der Waals surface area contributed by atoms with Crippen LogP contribution in [-0.2, 0) is 0 Å². The number of aromatic amines is 1. The van der Waals surface area contributed by atoms with Gasteiger partial charge in [0.15, 0.2) is 6.04 Å². The molecule has 1 aliphatic heterocycles. The number of ether oxygens (including phenoxy) is 1. The van der Waals surface area contributed by atoms with E-state index in [1.807, 2.05) is 36.5 Å². The average Bonchev–Trinajstić information content (AvgIpc) is 3.24. The number of aromatic nitrogens is 3. The van der Waals surface area contributed by atoms with Crippen LogP contribution in [0.15, 0.2) is 53.1 Å². The lowest BCUT2D eigenvalue weighted by molar-refractivity contribution is -0.931. The normalized spacial score (nSPS) is 16.3. The van der Waals surface area contributed by atoms with Crippen molar-refractivity contribution in [3.8, 4) is 17.2 Å². The quantitative estimate of drug-likeness (QED) is 0.729. The summed E-state index contributed by atoms with van der Waals surface area (Å²) in [6.45, 7) is 6.22. The molecule has 0 amide bonds. The van der Waals surface area contributed by atoms with Crippen LogP contribution in [0.25, 0.3) is 11.5 Å². The Bertz CT molecular complexity index is 858. The second-order valence-corrected chi connectivity index (χ2v) is 6.79. The maximum atomic E-state index is 5.97. The zero-order valence-corrected chi connectivity index (χ0v) is 15.7. The third kappa shape index (κ3) is 3.78. The van der Waals surface area contributed by atoms with Crippen molar-refractivity contribution in [3.63, 3.8) is 0 Å². The van der Waals surface area contributed by atoms with E-state index in [0.717, 1.165) is 37.5 Å². The zero-order valence-electron chi connectivity index (χ0n) is 15.7. The first kappa shape index (κ1) is 17.5. The number of H-pyrrole nitrogens is 1. The highest BCUT2D eigenvalue weighted by Gasteiger charge is 2.32. The summed E-state index contributed by atoms with van der Waals surface area (Å²) >= 11 is 0. The van der Waals surface area contributed by atoms with Crippen LogP contribution in [0.3, 0.4) is 0 Å². The molecular formula is C20H25N5O2+2. The molecule has 3 heterocycles. The van der Waals surface area contributed by atoms with Crippen LogP contribution in [0.4, 0.5) is 5.82 Å². The van der Waals surface area contributed by atoms with Gasteiger partial charge in [-0.2, -0.15) is 0 Å². The number of rotatable bonds is 5. The van der Waals surface area contributed by atoms with Crippen molar-refractivity contribution in [1.82, 2.24) is 10.2 Å². The van der Waals surface area contributed by atoms with Gasteiger partial charge in [-0.3, -0.25) is 4.90 Å². The molecule has 3 aromatic rings. The molecule has 2 aromatic heterocycles. The van der Waals surface area contributed by atoms with Crippen LogP contribution in [-0.4, -0.2) is 43.5 Å². The third-order valence-electron chi connectivity index (χ3n) is 5.20. The Labute approximate surface area is 158 Å². The molecule has 0 spiro atoms. The van der Waals surface area contributed by atoms with Crippen molar-refractivity contribution in [3.05, 3.63) is 54.6 Å². The van der Waals surface area contributed by atoms with Gasteiger partial charge in [0.2, 0.25) is 5.89 Å². The van der Waals surface area contributed by atoms with Crippen molar-refractivity contribution in [2.75, 3.05) is 38.2 Å². The van der Waals surface area contributed by atoms with Gasteiger partial charge < -0.3 is 14.1 Å². The fourth-order valence-electron chi connectivity index (χ4n) is 3.48. The average molecular weight is 367 g/mol. The zero-order chi connectivity index (χ0) is 18.6. The fraction of sp³-hybridized carbons (Fsp3) is 0.350. The van der Waals surface area contributed by atoms with E-state index >= 15 is 0 Å². The number of nitrogens with zero attached hydrogens (tertiary/aromatic N) is 3. The number of methoxy groups -OCH3 is 1. The number of quaternary nitrogens is 1. The molecule has 0 saturated carbocycles. The lowest BCUT2D eigenvalue weighted by Gasteiger charge is -2.30. The predicted molar refractivity (Wildman–Crippen MR) is 101 cm³/mol. The second kappa shape index (κ2) is 7.75. The minimum absolute atomic E-state index is 0.173. The summed E-state index contributed by atoms with van der Waals surface area (Å²) in [5.74, 6) is 3.22. The summed E-state index contributed by atoms with van der Waals surface area (Å²) in [5, 5.41) is 8.53. The van der Waals surface area contributed by atoms with E-state index in [4.69, 9.17) is 9.15 Å². The molecule has 1 aromatic carbocycles. The number of hydrogen-bond donors (Lipinski definition) is 1. The first-order valence-corrected chi connectivity index (χ1v) is 9.28. The number of benzene rings is 1. The molecule has 0 radical (unpaired) electrons. The van der Waals surface area contributed by atoms with Crippen LogP contribution >= 0.6 is 0 Å². The number of piperazine rings is 1. The molecule has 7 heteroatoms. The molecule has 0 unspecified atom stereocenters. The summed E-state index contributed by atoms with van der Waals surface area (Å²) in [7, 11) is 1.65. The SMILES string of the molecule is COc1ccc(-c2nnc([C@@H](C)[NH+]3CCN(c4cccc[nH+]4)CC3)o2)cc1. The van der Waals surface area contributed by atoms with Crippen molar-refractivity contribution >= 4 is 5.82 Å². The van der Waals surface area contributed by atoms with Crippen LogP contribution in [0.5, 0.6) is 5.75 Å². The maximum absolute atomic E-state index is 5.97. The number of hydrogen-bond acceptors (Lipinski definition) is 5. The molecule has 27 heavy (non-hydrogen) atoms. The van der Waals surface area contributed by atoms with Gasteiger partial charge in [0.25, 0.3) is 11.7 Å². The summed E-state index contributed by atoms with van der Waals surface area (Å²) in [4.78, 5) is 7.16. The Morgan fingerprint density at radius 3 is 2.56 bits per heavy atom. The molecule has 1 aliphatic rings. The van der Waals surface area contributed by atoms with E-state index in [0.29, 0.717) is 11.8 Å². The van der Waals surface area contributed by atoms with Gasteiger partial charge in [-0.1, -0.05) is 6.07 Å². The Morgan fingerprint density at radius 2 is 1.89 bits per heavy atom. The monoisotopic (exact) mass is 367 g/mol. The van der Waals surface area contributed by atoms with Gasteiger partial charge in [-0.15, -0.1) is 10.2 Å². The van der Waals surface area contributed by atoms with Gasteiger partial charge in [0.05, 0.1) is 13.3 Å². The molecular weight excluding hydrogens is 342 g/mol. The Hall–Kier alpha value is -2.93. The molecule has 1 fully saturated rings. The Morgan fingerprint density at radius 1 is 1.11 bits per heavy atom. The van der Waals surface area contributed by atoms with Crippen molar-refractivity contribution in [2.45, 2.75) is 13.0 Å². The smallest absolute Gasteiger partial charge is 0.274 e. The molecule has 7 nitrogen and oxygen atoms in total. The van der Waals surface area contributed by atoms with Crippen LogP contribution in [0, 0.1) is 0 Å². The van der Waals surface area contributed by atoms with E-state index in [1.165, 1.54) is 10.7 Å². The summed E-state index contributed by atoms with van der Waals surface area (Å²) in [6, 6.07) is 14.0. The van der Waals surface area contributed by atoms with Crippen LogP contribution in [0.1, 0.15) is 18.9 Å². The van der Waals surface area contributed by atoms with Crippen LogP contribution in [0.2, 0.25) is 0 Å². The lowest BCUT2D eigenvalue weighted by atomic mass is 10.2. The van der Waals surface area contributed by atoms with Gasteiger partial charge in [0.1, 0.15) is 31.9 Å². The van der Waals surface area contributed by atoms with E-state index < -0.39 is 0 Å². The third-order valence-corrected chi connectivity index (χ3v) is 5.20. The number of anilines is 1. The van der Waals surface area contributed by atoms with E-state index in [1.54, 1.807) is 7.11 Å². The van der Waals surface area contributed by atoms with E-state index in [9.17, 15) is 0 Å². The molecule has 0 bridgehead atoms. The van der Waals surface area contributed by atoms with Gasteiger partial charge in [-0.05, 0) is 37.3 Å². The maximum Gasteiger partial charge on any atom is 0.274 e. The number of nitrogens with one attached hydrogen (secondary N) is 2. The first-order chi connectivity index (χ1) is 13.2. The summed E-state index contributed by atoms with van der Waals surface area (Å²) in [6.07, 6.45) is 1.97. The van der Waals surface area contributed by atoms with E-state index in [-0.39, 0.29) is 6.04 Å². The standard InChI is InChI=1S/C20H23N5O2/c1-15(24-11-13-25(14-12-24)18-5-3-4-10-21-18)19-22-23-20(27-19)16-6-8-17(26-2)9-7-16/h3-10,15H,11-14H2,1-2H3/p+2/t15-/m1/s1. The van der Waals surface area contributed by atoms with Gasteiger partial charge in [-0.25, -0.2) is 4.98 Å².